The third-order valence-electron chi connectivity index (χ3n) is 3.08. The molecule has 124 valence electrons. The first-order valence-corrected chi connectivity index (χ1v) is 6.90. The van der Waals surface area contributed by atoms with Crippen molar-refractivity contribution in [2.24, 2.45) is 5.73 Å². The number of nitrogens with two attached hydrogens (primary N) is 1. The van der Waals surface area contributed by atoms with Gasteiger partial charge in [0.25, 0.3) is 0 Å². The molecule has 0 aliphatic heterocycles. The van der Waals surface area contributed by atoms with E-state index in [0.29, 0.717) is 11.4 Å². The Morgan fingerprint density at radius 1 is 1.32 bits per heavy atom. The van der Waals surface area contributed by atoms with E-state index in [9.17, 15) is 15.0 Å². The third-order valence-corrected chi connectivity index (χ3v) is 3.08. The van der Waals surface area contributed by atoms with Crippen LogP contribution >= 0.6 is 0 Å². The lowest BCUT2D eigenvalue weighted by molar-refractivity contribution is 0.0609. The van der Waals surface area contributed by atoms with Crippen molar-refractivity contribution in [2.45, 2.75) is 32.3 Å². The molecule has 0 aliphatic rings. The Hall–Kier alpha value is -1.99. The minimum atomic E-state index is -0.787. The zero-order valence-electron chi connectivity index (χ0n) is 13.3. The number of rotatable bonds is 6. The number of nitrogens with one attached hydrogen (secondary N) is 1. The Balaban J connectivity index is 3.40. The van der Waals surface area contributed by atoms with Crippen LogP contribution in [0.1, 0.15) is 26.3 Å². The first kappa shape index (κ1) is 18.1. The first-order valence-electron chi connectivity index (χ1n) is 6.90. The van der Waals surface area contributed by atoms with Gasteiger partial charge in [-0.15, -0.1) is 0 Å². The number of primary amides is 1. The van der Waals surface area contributed by atoms with Gasteiger partial charge in [0.1, 0.15) is 6.10 Å². The van der Waals surface area contributed by atoms with Crippen molar-refractivity contribution in [1.82, 2.24) is 0 Å². The van der Waals surface area contributed by atoms with Gasteiger partial charge in [-0.1, -0.05) is 20.8 Å². The Morgan fingerprint density at radius 3 is 2.32 bits per heavy atom. The van der Waals surface area contributed by atoms with E-state index in [1.165, 1.54) is 7.11 Å². The smallest absolute Gasteiger partial charge is 0.316 e. The predicted molar refractivity (Wildman–Crippen MR) is 83.5 cm³/mol. The molecule has 2 amide bonds. The molecule has 0 unspecified atom stereocenters. The molecule has 0 bridgehead atoms. The SMILES string of the molecule is COc1c(NC(N)=O)cc(C(C)(C)C)cc1OC(CO)CO. The van der Waals surface area contributed by atoms with E-state index >= 15 is 0 Å². The minimum absolute atomic E-state index is 0.216. The van der Waals surface area contributed by atoms with Gasteiger partial charge in [0, 0.05) is 0 Å². The summed E-state index contributed by atoms with van der Waals surface area (Å²) in [5, 5.41) is 20.9. The van der Waals surface area contributed by atoms with Crippen LogP contribution in [0.25, 0.3) is 0 Å². The molecule has 1 aromatic rings. The molecule has 7 heteroatoms. The molecule has 0 saturated carbocycles. The summed E-state index contributed by atoms with van der Waals surface area (Å²) in [6.07, 6.45) is -0.787. The summed E-state index contributed by atoms with van der Waals surface area (Å²) in [6.45, 7) is 5.31. The van der Waals surface area contributed by atoms with Gasteiger partial charge in [0.2, 0.25) is 0 Å². The van der Waals surface area contributed by atoms with E-state index in [0.717, 1.165) is 5.56 Å². The van der Waals surface area contributed by atoms with Gasteiger partial charge in [-0.05, 0) is 23.1 Å². The molecule has 0 atom stereocenters. The summed E-state index contributed by atoms with van der Waals surface area (Å²) in [5.74, 6) is 0.588. The van der Waals surface area contributed by atoms with Crippen LogP contribution in [0.2, 0.25) is 0 Å². The first-order chi connectivity index (χ1) is 10.2. The molecular formula is C15H24N2O5. The summed E-state index contributed by atoms with van der Waals surface area (Å²) in [7, 11) is 1.43. The van der Waals surface area contributed by atoms with E-state index in [2.05, 4.69) is 5.32 Å². The molecule has 7 nitrogen and oxygen atoms in total. The predicted octanol–water partition coefficient (Wildman–Crippen LogP) is 1.22. The number of aliphatic hydroxyl groups excluding tert-OH is 2. The standard InChI is InChI=1S/C15H24N2O5/c1-15(2,3)9-5-11(17-14(16)20)13(21-4)12(6-9)22-10(7-18)8-19/h5-6,10,18-19H,7-8H2,1-4H3,(H3,16,17,20). The number of hydrogen-bond donors (Lipinski definition) is 4. The van der Waals surface area contributed by atoms with Crippen LogP contribution in [0, 0.1) is 0 Å². The second-order valence-electron chi connectivity index (χ2n) is 5.90. The highest BCUT2D eigenvalue weighted by Crippen LogP contribution is 2.40. The number of hydrogen-bond acceptors (Lipinski definition) is 5. The number of ether oxygens (including phenoxy) is 2. The maximum absolute atomic E-state index is 11.2. The van der Waals surface area contributed by atoms with Crippen molar-refractivity contribution >= 4 is 11.7 Å². The zero-order valence-corrected chi connectivity index (χ0v) is 13.3. The summed E-state index contributed by atoms with van der Waals surface area (Å²) in [5.41, 5.74) is 6.21. The van der Waals surface area contributed by atoms with Crippen LogP contribution < -0.4 is 20.5 Å². The molecule has 0 fully saturated rings. The van der Waals surface area contributed by atoms with Crippen molar-refractivity contribution in [2.75, 3.05) is 25.6 Å². The van der Waals surface area contributed by atoms with Crippen LogP contribution in [0.4, 0.5) is 10.5 Å². The van der Waals surface area contributed by atoms with Crippen LogP contribution in [0.3, 0.4) is 0 Å². The van der Waals surface area contributed by atoms with Crippen molar-refractivity contribution in [3.8, 4) is 11.5 Å². The quantitative estimate of drug-likeness (QED) is 0.630. The highest BCUT2D eigenvalue weighted by molar-refractivity contribution is 5.90. The van der Waals surface area contributed by atoms with Gasteiger partial charge in [0.05, 0.1) is 26.0 Å². The molecule has 0 aliphatic carbocycles. The molecule has 0 radical (unpaired) electrons. The van der Waals surface area contributed by atoms with Crippen molar-refractivity contribution in [1.29, 1.82) is 0 Å². The van der Waals surface area contributed by atoms with Gasteiger partial charge >= 0.3 is 6.03 Å². The highest BCUT2D eigenvalue weighted by Gasteiger charge is 2.22. The van der Waals surface area contributed by atoms with E-state index < -0.39 is 12.1 Å². The van der Waals surface area contributed by atoms with Gasteiger partial charge in [-0.3, -0.25) is 0 Å². The lowest BCUT2D eigenvalue weighted by Gasteiger charge is -2.25. The molecule has 1 rings (SSSR count). The largest absolute Gasteiger partial charge is 0.491 e. The molecule has 0 saturated heterocycles. The summed E-state index contributed by atoms with van der Waals surface area (Å²) in [6, 6.07) is 2.78. The molecule has 5 N–H and O–H groups in total. The monoisotopic (exact) mass is 312 g/mol. The Morgan fingerprint density at radius 2 is 1.91 bits per heavy atom. The summed E-state index contributed by atoms with van der Waals surface area (Å²) < 4.78 is 10.9. The summed E-state index contributed by atoms with van der Waals surface area (Å²) >= 11 is 0. The van der Waals surface area contributed by atoms with Crippen LogP contribution in [-0.2, 0) is 5.41 Å². The lowest BCUT2D eigenvalue weighted by atomic mass is 9.86. The molecular weight excluding hydrogens is 288 g/mol. The highest BCUT2D eigenvalue weighted by atomic mass is 16.5. The number of urea groups is 1. The molecule has 0 aromatic heterocycles. The topological polar surface area (TPSA) is 114 Å². The zero-order chi connectivity index (χ0) is 16.9. The molecule has 22 heavy (non-hydrogen) atoms. The normalized spacial score (nSPS) is 11.4. The van der Waals surface area contributed by atoms with Crippen LogP contribution in [0.15, 0.2) is 12.1 Å². The molecule has 1 aromatic carbocycles. The van der Waals surface area contributed by atoms with Crippen LogP contribution in [-0.4, -0.2) is 42.7 Å². The number of aliphatic hydroxyl groups is 2. The van der Waals surface area contributed by atoms with Gasteiger partial charge in [0.15, 0.2) is 11.5 Å². The maximum atomic E-state index is 11.2. The third kappa shape index (κ3) is 4.51. The maximum Gasteiger partial charge on any atom is 0.316 e. The fourth-order valence-corrected chi connectivity index (χ4v) is 1.87. The van der Waals surface area contributed by atoms with Crippen molar-refractivity contribution < 1.29 is 24.5 Å². The average Bonchev–Trinajstić information content (AvgIpc) is 2.42. The number of benzene rings is 1. The van der Waals surface area contributed by atoms with E-state index in [1.54, 1.807) is 12.1 Å². The van der Waals surface area contributed by atoms with Crippen LogP contribution in [0.5, 0.6) is 11.5 Å². The number of anilines is 1. The molecule has 0 spiro atoms. The minimum Gasteiger partial charge on any atom is -0.491 e. The van der Waals surface area contributed by atoms with Gasteiger partial charge in [-0.25, -0.2) is 4.79 Å². The van der Waals surface area contributed by atoms with Gasteiger partial charge in [-0.2, -0.15) is 0 Å². The summed E-state index contributed by atoms with van der Waals surface area (Å²) in [4.78, 5) is 11.2. The molecule has 0 heterocycles. The van der Waals surface area contributed by atoms with Crippen molar-refractivity contribution in [3.63, 3.8) is 0 Å². The Labute approximate surface area is 130 Å². The fraction of sp³-hybridized carbons (Fsp3) is 0.533. The number of methoxy groups -OCH3 is 1. The number of amides is 2. The second kappa shape index (κ2) is 7.33. The fourth-order valence-electron chi connectivity index (χ4n) is 1.87. The van der Waals surface area contributed by atoms with E-state index in [1.807, 2.05) is 20.8 Å². The van der Waals surface area contributed by atoms with Gasteiger partial charge < -0.3 is 30.7 Å². The number of carbonyl (C=O) groups excluding carboxylic acids is 1. The van der Waals surface area contributed by atoms with E-state index in [-0.39, 0.29) is 24.4 Å². The number of carbonyl (C=O) groups is 1. The average molecular weight is 312 g/mol. The Bertz CT molecular complexity index is 521. The van der Waals surface area contributed by atoms with E-state index in [4.69, 9.17) is 15.2 Å². The Kier molecular flexibility index (Phi) is 6.01. The van der Waals surface area contributed by atoms with Crippen molar-refractivity contribution in [3.05, 3.63) is 17.7 Å². The second-order valence-corrected chi connectivity index (χ2v) is 5.90. The lowest BCUT2D eigenvalue weighted by Crippen LogP contribution is -2.26.